The number of benzene rings is 1. The number of alkyl halides is 3. The molecule has 3 nitrogen and oxygen atoms in total. The van der Waals surface area contributed by atoms with E-state index < -0.39 is 23.6 Å². The third kappa shape index (κ3) is 3.08. The molecule has 0 saturated heterocycles. The van der Waals surface area contributed by atoms with E-state index in [0.717, 1.165) is 6.07 Å². The molecule has 21 heavy (non-hydrogen) atoms. The summed E-state index contributed by atoms with van der Waals surface area (Å²) in [7, 11) is 0. The lowest BCUT2D eigenvalue weighted by Crippen LogP contribution is -2.29. The van der Waals surface area contributed by atoms with Gasteiger partial charge in [-0.3, -0.25) is 5.84 Å². The molecule has 0 fully saturated rings. The topological polar surface area (TPSA) is 51.2 Å². The van der Waals surface area contributed by atoms with Gasteiger partial charge in [-0.1, -0.05) is 6.07 Å². The normalized spacial score (nSPS) is 13.5. The monoisotopic (exact) mass is 302 g/mol. The first-order valence-corrected chi connectivity index (χ1v) is 6.13. The summed E-state index contributed by atoms with van der Waals surface area (Å²) in [5, 5.41) is 0. The zero-order valence-electron chi connectivity index (χ0n) is 11.4. The maximum absolute atomic E-state index is 13.7. The summed E-state index contributed by atoms with van der Waals surface area (Å²) < 4.78 is 56.7. The van der Waals surface area contributed by atoms with Crippen molar-refractivity contribution in [2.45, 2.75) is 26.1 Å². The van der Waals surface area contributed by atoms with Gasteiger partial charge in [0.25, 0.3) is 0 Å². The van der Waals surface area contributed by atoms with Gasteiger partial charge in [0.1, 0.15) is 17.3 Å². The number of hydrazine groups is 1. The first-order valence-electron chi connectivity index (χ1n) is 6.13. The molecule has 0 amide bonds. The van der Waals surface area contributed by atoms with E-state index in [1.54, 1.807) is 19.9 Å². The second kappa shape index (κ2) is 5.50. The highest BCUT2D eigenvalue weighted by Crippen LogP contribution is 2.34. The first kappa shape index (κ1) is 15.5. The van der Waals surface area contributed by atoms with Crippen molar-refractivity contribution < 1.29 is 22.0 Å². The Morgan fingerprint density at radius 3 is 2.29 bits per heavy atom. The van der Waals surface area contributed by atoms with Gasteiger partial charge >= 0.3 is 6.18 Å². The minimum atomic E-state index is -4.73. The maximum atomic E-state index is 13.7. The van der Waals surface area contributed by atoms with Crippen LogP contribution in [0.1, 0.15) is 34.3 Å². The van der Waals surface area contributed by atoms with E-state index in [-0.39, 0.29) is 5.56 Å². The molecule has 3 N–H and O–H groups in total. The average Bonchev–Trinajstić information content (AvgIpc) is 2.68. The van der Waals surface area contributed by atoms with E-state index in [4.69, 9.17) is 10.3 Å². The molecule has 0 aliphatic heterocycles. The molecule has 2 rings (SSSR count). The third-order valence-corrected chi connectivity index (χ3v) is 3.19. The second-order valence-electron chi connectivity index (χ2n) is 4.71. The Kier molecular flexibility index (Phi) is 4.06. The standard InChI is InChI=1S/C14H14F4N2O/c1-7-5-10(8(2)21-7)13(20-19)9-3-4-11(12(15)6-9)14(16,17)18/h3-6,13,20H,19H2,1-2H3. The molecule has 1 atom stereocenters. The molecule has 7 heteroatoms. The smallest absolute Gasteiger partial charge is 0.419 e. The fraction of sp³-hybridized carbons (Fsp3) is 0.286. The minimum absolute atomic E-state index is 0.284. The predicted molar refractivity (Wildman–Crippen MR) is 68.8 cm³/mol. The molecular formula is C14H14F4N2O. The molecule has 0 bridgehead atoms. The van der Waals surface area contributed by atoms with Crippen molar-refractivity contribution in [1.82, 2.24) is 5.43 Å². The van der Waals surface area contributed by atoms with Crippen molar-refractivity contribution in [3.63, 3.8) is 0 Å². The zero-order chi connectivity index (χ0) is 15.8. The highest BCUT2D eigenvalue weighted by molar-refractivity contribution is 5.36. The first-order chi connectivity index (χ1) is 9.74. The van der Waals surface area contributed by atoms with Gasteiger partial charge in [-0.05, 0) is 37.6 Å². The Labute approximate surface area is 118 Å². The number of nitrogens with one attached hydrogen (secondary N) is 1. The van der Waals surface area contributed by atoms with Crippen LogP contribution < -0.4 is 11.3 Å². The molecule has 1 aromatic heterocycles. The van der Waals surface area contributed by atoms with Crippen molar-refractivity contribution in [3.8, 4) is 0 Å². The number of hydrogen-bond donors (Lipinski definition) is 2. The molecule has 1 heterocycles. The van der Waals surface area contributed by atoms with E-state index >= 15 is 0 Å². The average molecular weight is 302 g/mol. The van der Waals surface area contributed by atoms with Crippen LogP contribution in [0.25, 0.3) is 0 Å². The summed E-state index contributed by atoms with van der Waals surface area (Å²) in [6.45, 7) is 3.44. The van der Waals surface area contributed by atoms with Gasteiger partial charge in [0.2, 0.25) is 0 Å². The van der Waals surface area contributed by atoms with Gasteiger partial charge < -0.3 is 4.42 Å². The van der Waals surface area contributed by atoms with Gasteiger partial charge in [0.05, 0.1) is 11.6 Å². The largest absolute Gasteiger partial charge is 0.466 e. The molecule has 114 valence electrons. The number of hydrogen-bond acceptors (Lipinski definition) is 3. The highest BCUT2D eigenvalue weighted by atomic mass is 19.4. The van der Waals surface area contributed by atoms with Crippen molar-refractivity contribution in [2.24, 2.45) is 5.84 Å². The molecule has 1 unspecified atom stereocenters. The van der Waals surface area contributed by atoms with Crippen LogP contribution in [0.2, 0.25) is 0 Å². The number of nitrogens with two attached hydrogens (primary N) is 1. The van der Waals surface area contributed by atoms with Crippen LogP contribution in [0.15, 0.2) is 28.7 Å². The fourth-order valence-corrected chi connectivity index (χ4v) is 2.24. The van der Waals surface area contributed by atoms with Gasteiger partial charge in [0.15, 0.2) is 0 Å². The summed E-state index contributed by atoms with van der Waals surface area (Å²) in [4.78, 5) is 0. The van der Waals surface area contributed by atoms with Gasteiger partial charge in [-0.25, -0.2) is 9.82 Å². The van der Waals surface area contributed by atoms with E-state index in [2.05, 4.69) is 5.43 Å². The predicted octanol–water partition coefficient (Wildman–Crippen LogP) is 3.61. The maximum Gasteiger partial charge on any atom is 0.419 e. The number of halogens is 4. The van der Waals surface area contributed by atoms with Crippen LogP contribution in [0.5, 0.6) is 0 Å². The SMILES string of the molecule is Cc1cc(C(NN)c2ccc(C(F)(F)F)c(F)c2)c(C)o1. The molecule has 2 aromatic rings. The van der Waals surface area contributed by atoms with Crippen LogP contribution in [-0.4, -0.2) is 0 Å². The lowest BCUT2D eigenvalue weighted by atomic mass is 9.98. The van der Waals surface area contributed by atoms with Crippen molar-refractivity contribution in [2.75, 3.05) is 0 Å². The van der Waals surface area contributed by atoms with Crippen LogP contribution in [0.3, 0.4) is 0 Å². The van der Waals surface area contributed by atoms with E-state index in [1.165, 1.54) is 6.07 Å². The van der Waals surface area contributed by atoms with Crippen LogP contribution >= 0.6 is 0 Å². The van der Waals surface area contributed by atoms with E-state index in [1.807, 2.05) is 0 Å². The van der Waals surface area contributed by atoms with Crippen LogP contribution in [0.4, 0.5) is 17.6 Å². The molecular weight excluding hydrogens is 288 g/mol. The quantitative estimate of drug-likeness (QED) is 0.517. The fourth-order valence-electron chi connectivity index (χ4n) is 2.24. The lowest BCUT2D eigenvalue weighted by Gasteiger charge is -2.17. The molecule has 0 saturated carbocycles. The Hall–Kier alpha value is -1.86. The molecule has 0 aliphatic carbocycles. The van der Waals surface area contributed by atoms with E-state index in [0.29, 0.717) is 23.2 Å². The summed E-state index contributed by atoms with van der Waals surface area (Å²) >= 11 is 0. The van der Waals surface area contributed by atoms with Crippen LogP contribution in [0, 0.1) is 19.7 Å². The molecule has 1 aromatic carbocycles. The van der Waals surface area contributed by atoms with Crippen molar-refractivity contribution in [3.05, 3.63) is 58.3 Å². The van der Waals surface area contributed by atoms with Gasteiger partial charge in [0, 0.05) is 5.56 Å². The molecule has 0 aliphatic rings. The summed E-state index contributed by atoms with van der Waals surface area (Å²) in [6.07, 6.45) is -4.73. The molecule has 0 spiro atoms. The Balaban J connectivity index is 2.45. The number of rotatable bonds is 3. The summed E-state index contributed by atoms with van der Waals surface area (Å²) in [5.74, 6) is 5.32. The van der Waals surface area contributed by atoms with Crippen molar-refractivity contribution in [1.29, 1.82) is 0 Å². The van der Waals surface area contributed by atoms with Gasteiger partial charge in [-0.2, -0.15) is 13.2 Å². The summed E-state index contributed by atoms with van der Waals surface area (Å²) in [6, 6.07) is 3.78. The second-order valence-corrected chi connectivity index (χ2v) is 4.71. The zero-order valence-corrected chi connectivity index (χ0v) is 11.4. The number of aryl methyl sites for hydroxylation is 2. The van der Waals surface area contributed by atoms with Gasteiger partial charge in [-0.15, -0.1) is 0 Å². The minimum Gasteiger partial charge on any atom is -0.466 e. The molecule has 0 radical (unpaired) electrons. The number of furan rings is 1. The summed E-state index contributed by atoms with van der Waals surface area (Å²) in [5.41, 5.74) is 2.09. The lowest BCUT2D eigenvalue weighted by molar-refractivity contribution is -0.140. The Morgan fingerprint density at radius 1 is 1.19 bits per heavy atom. The Morgan fingerprint density at radius 2 is 1.86 bits per heavy atom. The highest BCUT2D eigenvalue weighted by Gasteiger charge is 2.34. The Bertz CT molecular complexity index is 649. The van der Waals surface area contributed by atoms with Crippen LogP contribution in [-0.2, 0) is 6.18 Å². The third-order valence-electron chi connectivity index (χ3n) is 3.19. The van der Waals surface area contributed by atoms with Crippen molar-refractivity contribution >= 4 is 0 Å². The van der Waals surface area contributed by atoms with E-state index in [9.17, 15) is 17.6 Å².